The van der Waals surface area contributed by atoms with Crippen molar-refractivity contribution in [2.75, 3.05) is 6.54 Å². The molecule has 0 spiro atoms. The molecular weight excluding hydrogens is 350 g/mol. The van der Waals surface area contributed by atoms with Gasteiger partial charge in [-0.15, -0.1) is 0 Å². The topological polar surface area (TPSA) is 74.7 Å². The number of phenols is 1. The van der Waals surface area contributed by atoms with Crippen molar-refractivity contribution in [3.63, 3.8) is 0 Å². The molecule has 1 aromatic carbocycles. The first-order valence-electron chi connectivity index (χ1n) is 6.63. The lowest BCUT2D eigenvalue weighted by molar-refractivity contribution is -0.139. The monoisotopic (exact) mass is 363 g/mol. The molecule has 0 aliphatic carbocycles. The summed E-state index contributed by atoms with van der Waals surface area (Å²) in [4.78, 5) is 36.4. The van der Waals surface area contributed by atoms with Crippen molar-refractivity contribution in [3.8, 4) is 5.75 Å². The van der Waals surface area contributed by atoms with E-state index in [9.17, 15) is 19.5 Å². The van der Waals surface area contributed by atoms with Crippen LogP contribution < -0.4 is 0 Å². The molecule has 0 unspecified atom stereocenters. The van der Waals surface area contributed by atoms with Gasteiger partial charge in [0.1, 0.15) is 5.75 Å². The highest BCUT2D eigenvalue weighted by Gasteiger charge is 2.24. The third-order valence-electron chi connectivity index (χ3n) is 3.21. The molecule has 2 rings (SSSR count). The highest BCUT2D eigenvalue weighted by Crippen LogP contribution is 2.20. The van der Waals surface area contributed by atoms with Gasteiger partial charge < -0.3 is 5.11 Å². The van der Waals surface area contributed by atoms with Gasteiger partial charge in [0.05, 0.1) is 10.0 Å². The first-order chi connectivity index (χ1) is 10.4. The van der Waals surface area contributed by atoms with Gasteiger partial charge in [-0.3, -0.25) is 19.3 Å². The van der Waals surface area contributed by atoms with Crippen molar-refractivity contribution in [2.45, 2.75) is 13.3 Å². The molecule has 0 fully saturated rings. The number of aromatic hydroxyl groups is 1. The molecule has 0 radical (unpaired) electrons. The smallest absolute Gasteiger partial charge is 0.267 e. The Morgan fingerprint density at radius 2 is 2.09 bits per heavy atom. The molecule has 0 atom stereocenters. The molecule has 22 heavy (non-hydrogen) atoms. The Kier molecular flexibility index (Phi) is 4.92. The second-order valence-electron chi connectivity index (χ2n) is 4.80. The first kappa shape index (κ1) is 16.2. The van der Waals surface area contributed by atoms with Crippen LogP contribution in [0.4, 0.5) is 0 Å². The Bertz CT molecular complexity index is 706. The Labute approximate surface area is 136 Å². The summed E-state index contributed by atoms with van der Waals surface area (Å²) in [6, 6.07) is 4.47. The highest BCUT2D eigenvalue weighted by molar-refractivity contribution is 9.12. The normalized spacial score (nSPS) is 15.1. The molecule has 0 saturated heterocycles. The summed E-state index contributed by atoms with van der Waals surface area (Å²) in [5.41, 5.74) is 0.782. The minimum atomic E-state index is -0.424. The lowest BCUT2D eigenvalue weighted by Gasteiger charge is -2.21. The fourth-order valence-electron chi connectivity index (χ4n) is 2.05. The van der Waals surface area contributed by atoms with E-state index in [0.29, 0.717) is 23.0 Å². The molecule has 0 bridgehead atoms. The number of carbonyl (C=O) groups excluding carboxylic acids is 3. The summed E-state index contributed by atoms with van der Waals surface area (Å²) in [6.07, 6.45) is 5.13. The summed E-state index contributed by atoms with van der Waals surface area (Å²) in [5.74, 6) is -1.15. The van der Waals surface area contributed by atoms with Crippen molar-refractivity contribution < 1.29 is 19.5 Å². The number of Topliss-reactive ketones (excluding diaryl/α,β-unsaturated/α-hetero) is 1. The van der Waals surface area contributed by atoms with Gasteiger partial charge in [-0.1, -0.05) is 12.1 Å². The van der Waals surface area contributed by atoms with Crippen LogP contribution in [0.2, 0.25) is 0 Å². The molecule has 1 aliphatic rings. The number of imide groups is 1. The number of phenolic OH excluding ortho intramolecular Hbond substituents is 1. The second kappa shape index (κ2) is 6.70. The van der Waals surface area contributed by atoms with Gasteiger partial charge in [0.2, 0.25) is 0 Å². The summed E-state index contributed by atoms with van der Waals surface area (Å²) in [6.45, 7) is 1.69. The molecule has 0 saturated carbocycles. The summed E-state index contributed by atoms with van der Waals surface area (Å²) in [5, 5.41) is 9.57. The van der Waals surface area contributed by atoms with E-state index >= 15 is 0 Å². The van der Waals surface area contributed by atoms with Gasteiger partial charge in [0, 0.05) is 12.6 Å². The lowest BCUT2D eigenvalue weighted by Crippen LogP contribution is -2.38. The number of halogens is 1. The van der Waals surface area contributed by atoms with Crippen LogP contribution in [0.15, 0.2) is 34.8 Å². The number of nitrogens with zero attached hydrogens (tertiary/aromatic N) is 1. The molecule has 1 N–H and O–H groups in total. The molecule has 2 amide bonds. The quantitative estimate of drug-likeness (QED) is 0.661. The number of hydrogen-bond donors (Lipinski definition) is 1. The van der Waals surface area contributed by atoms with E-state index in [0.717, 1.165) is 4.90 Å². The maximum absolute atomic E-state index is 12.1. The molecule has 5 nitrogen and oxygen atoms in total. The van der Waals surface area contributed by atoms with Crippen LogP contribution in [-0.4, -0.2) is 34.1 Å². The zero-order valence-electron chi connectivity index (χ0n) is 11.9. The van der Waals surface area contributed by atoms with Crippen LogP contribution in [0, 0.1) is 0 Å². The Morgan fingerprint density at radius 3 is 2.77 bits per heavy atom. The molecule has 6 heteroatoms. The van der Waals surface area contributed by atoms with Crippen molar-refractivity contribution in [3.05, 3.63) is 46.0 Å². The first-order valence-corrected chi connectivity index (χ1v) is 7.43. The van der Waals surface area contributed by atoms with Crippen molar-refractivity contribution in [2.24, 2.45) is 0 Å². The number of amides is 2. The fourth-order valence-corrected chi connectivity index (χ4v) is 2.49. The van der Waals surface area contributed by atoms with E-state index in [-0.39, 0.29) is 23.0 Å². The molecule has 1 aromatic rings. The summed E-state index contributed by atoms with van der Waals surface area (Å²) < 4.78 is 0.379. The van der Waals surface area contributed by atoms with Crippen LogP contribution in [0.1, 0.15) is 29.3 Å². The maximum atomic E-state index is 12.1. The number of carbonyl (C=O) groups is 3. The summed E-state index contributed by atoms with van der Waals surface area (Å²) in [7, 11) is 0. The molecule has 0 aromatic heterocycles. The Morgan fingerprint density at radius 1 is 1.36 bits per heavy atom. The zero-order chi connectivity index (χ0) is 16.3. The van der Waals surface area contributed by atoms with Crippen LogP contribution in [0.3, 0.4) is 0 Å². The van der Waals surface area contributed by atoms with Gasteiger partial charge in [0.25, 0.3) is 11.8 Å². The van der Waals surface area contributed by atoms with E-state index in [1.54, 1.807) is 12.1 Å². The third kappa shape index (κ3) is 3.51. The van der Waals surface area contributed by atoms with Gasteiger partial charge >= 0.3 is 0 Å². The number of ketones is 1. The molecular formula is C16H14BrNO4. The second-order valence-corrected chi connectivity index (χ2v) is 5.66. The van der Waals surface area contributed by atoms with Crippen LogP contribution >= 0.6 is 15.9 Å². The zero-order valence-corrected chi connectivity index (χ0v) is 13.5. The van der Waals surface area contributed by atoms with Gasteiger partial charge in [-0.2, -0.15) is 0 Å². The summed E-state index contributed by atoms with van der Waals surface area (Å²) >= 11 is 3.12. The van der Waals surface area contributed by atoms with E-state index in [4.69, 9.17) is 0 Å². The number of rotatable bonds is 3. The maximum Gasteiger partial charge on any atom is 0.267 e. The lowest BCUT2D eigenvalue weighted by atomic mass is 10.1. The minimum Gasteiger partial charge on any atom is -0.507 e. The fraction of sp³-hybridized carbons (Fsp3) is 0.188. The van der Waals surface area contributed by atoms with Crippen molar-refractivity contribution in [1.82, 2.24) is 4.90 Å². The number of benzene rings is 1. The van der Waals surface area contributed by atoms with Gasteiger partial charge in [-0.25, -0.2) is 0 Å². The average Bonchev–Trinajstić information content (AvgIpc) is 2.48. The largest absolute Gasteiger partial charge is 0.507 e. The standard InChI is InChI=1S/C16H14BrNO4/c1-10(19)12-9-11(4-6-14(12)20)5-7-15(21)18-8-2-3-13(17)16(18)22/h3-7,9,20H,2,8H2,1H3/b7-5+. The SMILES string of the molecule is CC(=O)c1cc(/C=C/C(=O)N2CCC=C(Br)C2=O)ccc1O. The predicted molar refractivity (Wildman–Crippen MR) is 85.5 cm³/mol. The minimum absolute atomic E-state index is 0.101. The van der Waals surface area contributed by atoms with Crippen molar-refractivity contribution in [1.29, 1.82) is 0 Å². The van der Waals surface area contributed by atoms with Crippen LogP contribution in [-0.2, 0) is 9.59 Å². The molecule has 1 aliphatic heterocycles. The van der Waals surface area contributed by atoms with Crippen LogP contribution in [0.5, 0.6) is 5.75 Å². The highest BCUT2D eigenvalue weighted by atomic mass is 79.9. The van der Waals surface area contributed by atoms with E-state index < -0.39 is 5.91 Å². The van der Waals surface area contributed by atoms with E-state index in [2.05, 4.69) is 15.9 Å². The van der Waals surface area contributed by atoms with Gasteiger partial charge in [0.15, 0.2) is 5.78 Å². The van der Waals surface area contributed by atoms with Crippen molar-refractivity contribution >= 4 is 39.6 Å². The Balaban J connectivity index is 2.17. The van der Waals surface area contributed by atoms with Crippen LogP contribution in [0.25, 0.3) is 6.08 Å². The molecule has 114 valence electrons. The average molecular weight is 364 g/mol. The molecule has 1 heterocycles. The third-order valence-corrected chi connectivity index (χ3v) is 3.87. The Hall–Kier alpha value is -2.21. The predicted octanol–water partition coefficient (Wildman–Crippen LogP) is 2.65. The van der Waals surface area contributed by atoms with Gasteiger partial charge in [-0.05, 0) is 53.0 Å². The van der Waals surface area contributed by atoms with E-state index in [1.165, 1.54) is 31.2 Å². The van der Waals surface area contributed by atoms with E-state index in [1.807, 2.05) is 0 Å². The number of hydrogen-bond acceptors (Lipinski definition) is 4.